The summed E-state index contributed by atoms with van der Waals surface area (Å²) in [5.41, 5.74) is -0.0204. The van der Waals surface area contributed by atoms with Crippen LogP contribution < -0.4 is 4.74 Å². The van der Waals surface area contributed by atoms with Gasteiger partial charge in [0.1, 0.15) is 27.2 Å². The maximum atomic E-state index is 13.2. The number of aromatic nitrogens is 6. The number of thiophene rings is 2. The van der Waals surface area contributed by atoms with Crippen LogP contribution in [-0.4, -0.2) is 115 Å². The van der Waals surface area contributed by atoms with Crippen molar-refractivity contribution in [3.8, 4) is 5.75 Å². The lowest BCUT2D eigenvalue weighted by molar-refractivity contribution is -0.145. The number of rotatable bonds is 11. The SMILES string of the molecule is CC.CN1CCC(O)(c2ccc(C(=O)CSc3nc(C(F)(F)F)nc4c3cnn4C)s2)CC1.COc1ccc2nc(C)nc(SCC(=O)c3ccc(C4CCN(C)CC4)s3)c2c1. The van der Waals surface area contributed by atoms with E-state index in [1.165, 1.54) is 58.7 Å². The molecular weight excluding hydrogens is 878 g/mol. The zero-order valence-electron chi connectivity index (χ0n) is 35.8. The fourth-order valence-electron chi connectivity index (χ4n) is 7.06. The van der Waals surface area contributed by atoms with Crippen LogP contribution in [0.3, 0.4) is 0 Å². The van der Waals surface area contributed by atoms with E-state index in [4.69, 9.17) is 4.74 Å². The van der Waals surface area contributed by atoms with Crippen molar-refractivity contribution >= 4 is 79.7 Å². The maximum absolute atomic E-state index is 13.2. The van der Waals surface area contributed by atoms with Crippen LogP contribution in [0.25, 0.3) is 21.9 Å². The van der Waals surface area contributed by atoms with Gasteiger partial charge in [-0.25, -0.2) is 19.9 Å². The summed E-state index contributed by atoms with van der Waals surface area (Å²) in [5, 5.41) is 17.0. The molecule has 2 saturated heterocycles. The van der Waals surface area contributed by atoms with Crippen LogP contribution in [-0.2, 0) is 18.8 Å². The second kappa shape index (κ2) is 20.7. The number of thioether (sulfide) groups is 2. The van der Waals surface area contributed by atoms with Gasteiger partial charge in [0.05, 0.1) is 45.5 Å². The van der Waals surface area contributed by atoms with Crippen molar-refractivity contribution in [2.24, 2.45) is 7.05 Å². The Balaban J connectivity index is 0.000000199. The van der Waals surface area contributed by atoms with Crippen molar-refractivity contribution in [3.63, 3.8) is 0 Å². The van der Waals surface area contributed by atoms with Crippen molar-refractivity contribution < 1.29 is 32.6 Å². The molecule has 0 unspecified atom stereocenters. The molecule has 8 rings (SSSR count). The average molecular weight is 929 g/mol. The van der Waals surface area contributed by atoms with Gasteiger partial charge in [-0.1, -0.05) is 37.4 Å². The van der Waals surface area contributed by atoms with E-state index in [2.05, 4.69) is 47.9 Å². The minimum absolute atomic E-state index is 0.0557. The number of methoxy groups -OCH3 is 1. The number of ether oxygens (including phenoxy) is 1. The van der Waals surface area contributed by atoms with E-state index in [0.29, 0.717) is 40.6 Å². The summed E-state index contributed by atoms with van der Waals surface area (Å²) in [6.07, 6.45) is 0.213. The molecule has 19 heteroatoms. The van der Waals surface area contributed by atoms with Gasteiger partial charge in [-0.05, 0) is 108 Å². The molecule has 62 heavy (non-hydrogen) atoms. The predicted octanol–water partition coefficient (Wildman–Crippen LogP) is 9.15. The normalized spacial score (nSPS) is 16.1. The van der Waals surface area contributed by atoms with Gasteiger partial charge in [0.2, 0.25) is 5.82 Å². The third kappa shape index (κ3) is 11.4. The van der Waals surface area contributed by atoms with Crippen LogP contribution in [0.15, 0.2) is 58.7 Å². The highest BCUT2D eigenvalue weighted by atomic mass is 32.2. The molecule has 2 aliphatic heterocycles. The van der Waals surface area contributed by atoms with E-state index in [0.717, 1.165) is 69.4 Å². The molecule has 12 nitrogen and oxygen atoms in total. The van der Waals surface area contributed by atoms with E-state index in [9.17, 15) is 27.9 Å². The smallest absolute Gasteiger partial charge is 0.451 e. The average Bonchev–Trinajstić information content (AvgIpc) is 4.05. The second-order valence-electron chi connectivity index (χ2n) is 15.0. The van der Waals surface area contributed by atoms with E-state index in [1.807, 2.05) is 52.1 Å². The highest BCUT2D eigenvalue weighted by Crippen LogP contribution is 2.38. The Bertz CT molecular complexity index is 2490. The lowest BCUT2D eigenvalue weighted by Crippen LogP contribution is -2.40. The maximum Gasteiger partial charge on any atom is 0.451 e. The van der Waals surface area contributed by atoms with Crippen molar-refractivity contribution in [2.75, 3.05) is 58.9 Å². The number of hydrogen-bond acceptors (Lipinski definition) is 15. The van der Waals surface area contributed by atoms with Gasteiger partial charge < -0.3 is 19.6 Å². The first kappa shape index (κ1) is 47.5. The number of hydrogen-bond donors (Lipinski definition) is 1. The summed E-state index contributed by atoms with van der Waals surface area (Å²) in [6.45, 7) is 9.67. The number of fused-ring (bicyclic) bond motifs is 2. The monoisotopic (exact) mass is 928 g/mol. The molecule has 7 heterocycles. The lowest BCUT2D eigenvalue weighted by Gasteiger charge is -2.35. The fourth-order valence-corrected chi connectivity index (χ4v) is 11.3. The van der Waals surface area contributed by atoms with Crippen LogP contribution in [0.2, 0.25) is 0 Å². The molecule has 0 spiro atoms. The minimum atomic E-state index is -4.70. The summed E-state index contributed by atoms with van der Waals surface area (Å²) in [5.74, 6) is 1.01. The van der Waals surface area contributed by atoms with Crippen molar-refractivity contribution in [1.29, 1.82) is 0 Å². The molecule has 1 aromatic carbocycles. The molecule has 0 saturated carbocycles. The summed E-state index contributed by atoms with van der Waals surface area (Å²) >= 11 is 5.30. The number of aliphatic hydroxyl groups is 1. The Kier molecular flexibility index (Phi) is 15.8. The molecule has 0 aliphatic carbocycles. The van der Waals surface area contributed by atoms with Gasteiger partial charge in [-0.2, -0.15) is 18.3 Å². The second-order valence-corrected chi connectivity index (χ2v) is 19.1. The van der Waals surface area contributed by atoms with Crippen molar-refractivity contribution in [2.45, 2.75) is 74.2 Å². The van der Waals surface area contributed by atoms with Gasteiger partial charge in [0, 0.05) is 35.3 Å². The summed E-state index contributed by atoms with van der Waals surface area (Å²) in [4.78, 5) is 49.7. The summed E-state index contributed by atoms with van der Waals surface area (Å²) in [6, 6.07) is 13.3. The Hall–Kier alpha value is -3.98. The van der Waals surface area contributed by atoms with Gasteiger partial charge in [-0.3, -0.25) is 14.3 Å². The number of benzene rings is 1. The molecule has 6 aromatic rings. The molecule has 0 bridgehead atoms. The summed E-state index contributed by atoms with van der Waals surface area (Å²) < 4.78 is 46.1. The number of nitrogens with zero attached hydrogens (tertiary/aromatic N) is 8. The molecule has 0 radical (unpaired) electrons. The standard InChI is InChI=1S/C22H25N3O2S2.C19H20F3N5O2S2.C2H6/c1-14-23-18-5-4-16(27-3)12-17(18)22(24-14)28-13-19(26)21-7-6-20(29-21)15-8-10-25(2)11-9-15;1-26-7-5-18(29,6-8-26)14-4-3-13(31-14)12(28)10-30-16-11-9-23-27(2)15(11)24-17(25-16)19(20,21)22;1-2/h4-7,12,15H,8-11,13H2,1-3H3;3-4,9,29H,5-8,10H2,1-2H3;1-2H3. The Labute approximate surface area is 375 Å². The first-order valence-electron chi connectivity index (χ1n) is 20.3. The van der Waals surface area contributed by atoms with Crippen LogP contribution in [0, 0.1) is 6.92 Å². The van der Waals surface area contributed by atoms with E-state index in [1.54, 1.807) is 30.6 Å². The van der Waals surface area contributed by atoms with Gasteiger partial charge >= 0.3 is 6.18 Å². The quantitative estimate of drug-likeness (QED) is 0.0752. The molecule has 1 N–H and O–H groups in total. The number of Topliss-reactive ketones (excluding diaryl/α,β-unsaturated/α-hetero) is 2. The Morgan fingerprint density at radius 1 is 0.839 bits per heavy atom. The van der Waals surface area contributed by atoms with E-state index in [-0.39, 0.29) is 28.0 Å². The molecule has 5 aromatic heterocycles. The number of piperidine rings is 2. The molecule has 2 aliphatic rings. The van der Waals surface area contributed by atoms with Gasteiger partial charge in [0.25, 0.3) is 0 Å². The molecule has 2 fully saturated rings. The van der Waals surface area contributed by atoms with Crippen molar-refractivity contribution in [1.82, 2.24) is 39.5 Å². The Morgan fingerprint density at radius 3 is 2.10 bits per heavy atom. The molecule has 0 atom stereocenters. The van der Waals surface area contributed by atoms with Crippen LogP contribution >= 0.6 is 46.2 Å². The molecular formula is C43H51F3N8O4S4. The van der Waals surface area contributed by atoms with Gasteiger partial charge in [0.15, 0.2) is 17.2 Å². The lowest BCUT2D eigenvalue weighted by atomic mass is 9.90. The minimum Gasteiger partial charge on any atom is -0.497 e. The van der Waals surface area contributed by atoms with Crippen LogP contribution in [0.5, 0.6) is 5.75 Å². The zero-order chi connectivity index (χ0) is 44.8. The topological polar surface area (TPSA) is 139 Å². The number of likely N-dealkylation sites (tertiary alicyclic amines) is 2. The first-order valence-corrected chi connectivity index (χ1v) is 23.9. The number of carbonyl (C=O) groups is 2. The van der Waals surface area contributed by atoms with E-state index < -0.39 is 17.6 Å². The van der Waals surface area contributed by atoms with Crippen LogP contribution in [0.1, 0.15) is 86.2 Å². The van der Waals surface area contributed by atoms with Crippen LogP contribution in [0.4, 0.5) is 13.2 Å². The first-order chi connectivity index (χ1) is 29.6. The highest BCUT2D eigenvalue weighted by Gasteiger charge is 2.37. The number of ketones is 2. The molecule has 332 valence electrons. The third-order valence-corrected chi connectivity index (χ3v) is 15.2. The number of alkyl halides is 3. The number of carbonyl (C=O) groups excluding carboxylic acids is 2. The Morgan fingerprint density at radius 2 is 1.45 bits per heavy atom. The summed E-state index contributed by atoms with van der Waals surface area (Å²) in [7, 11) is 7.31. The predicted molar refractivity (Wildman–Crippen MR) is 242 cm³/mol. The third-order valence-electron chi connectivity index (χ3n) is 10.6. The highest BCUT2D eigenvalue weighted by molar-refractivity contribution is 8.00. The van der Waals surface area contributed by atoms with Crippen molar-refractivity contribution in [3.05, 3.63) is 79.8 Å². The van der Waals surface area contributed by atoms with Gasteiger partial charge in [-0.15, -0.1) is 22.7 Å². The van der Waals surface area contributed by atoms with E-state index >= 15 is 0 Å². The number of aryl methyl sites for hydroxylation is 2. The largest absolute Gasteiger partial charge is 0.497 e. The molecule has 0 amide bonds. The zero-order valence-corrected chi connectivity index (χ0v) is 39.0. The number of halogens is 3. The fraction of sp³-hybridized carbons (Fsp3) is 0.465.